The van der Waals surface area contributed by atoms with E-state index in [2.05, 4.69) is 19.2 Å². The van der Waals surface area contributed by atoms with Gasteiger partial charge in [-0.05, 0) is 53.6 Å². The minimum absolute atomic E-state index is 0.00105. The third-order valence-corrected chi connectivity index (χ3v) is 6.55. The molecular weight excluding hydrogens is 499 g/mol. The number of imide groups is 1. The summed E-state index contributed by atoms with van der Waals surface area (Å²) in [6, 6.07) is 10.2. The Kier molecular flexibility index (Phi) is 6.84. The average molecular weight is 517 g/mol. The minimum atomic E-state index is -0.677. The van der Waals surface area contributed by atoms with Crippen molar-refractivity contribution in [2.75, 3.05) is 11.9 Å². The molecule has 0 radical (unpaired) electrons. The Morgan fingerprint density at radius 3 is 2.53 bits per heavy atom. The summed E-state index contributed by atoms with van der Waals surface area (Å²) in [7, 11) is 0. The van der Waals surface area contributed by atoms with Crippen LogP contribution in [0.1, 0.15) is 30.9 Å². The molecule has 1 N–H and O–H groups in total. The Balaban J connectivity index is 1.52. The molecule has 2 aromatic carbocycles. The highest BCUT2D eigenvalue weighted by atomic mass is 35.5. The second-order valence-corrected chi connectivity index (χ2v) is 9.71. The third kappa shape index (κ3) is 4.89. The Morgan fingerprint density at radius 2 is 1.85 bits per heavy atom. The number of thioether (sulfide) groups is 1. The molecule has 0 unspecified atom stereocenters. The molecule has 1 fully saturated rings. The normalized spacial score (nSPS) is 15.1. The second-order valence-electron chi connectivity index (χ2n) is 7.88. The van der Waals surface area contributed by atoms with Gasteiger partial charge in [0.25, 0.3) is 11.1 Å². The number of hydrogen-bond donors (Lipinski definition) is 1. The van der Waals surface area contributed by atoms with Crippen LogP contribution in [0, 0.1) is 0 Å². The van der Waals surface area contributed by atoms with E-state index in [1.165, 1.54) is 18.2 Å². The summed E-state index contributed by atoms with van der Waals surface area (Å²) in [5.74, 6) is -0.842. The van der Waals surface area contributed by atoms with Gasteiger partial charge in [-0.15, -0.1) is 0 Å². The van der Waals surface area contributed by atoms with Crippen LogP contribution in [-0.4, -0.2) is 28.5 Å². The monoisotopic (exact) mass is 516 g/mol. The van der Waals surface area contributed by atoms with Crippen LogP contribution in [0.2, 0.25) is 10.0 Å². The fourth-order valence-corrected chi connectivity index (χ4v) is 4.72. The van der Waals surface area contributed by atoms with Crippen LogP contribution in [0.25, 0.3) is 17.0 Å². The van der Waals surface area contributed by atoms with Crippen molar-refractivity contribution in [2.45, 2.75) is 19.8 Å². The maximum Gasteiger partial charge on any atom is 0.294 e. The van der Waals surface area contributed by atoms with Gasteiger partial charge in [-0.3, -0.25) is 24.1 Å². The van der Waals surface area contributed by atoms with E-state index in [1.54, 1.807) is 12.1 Å². The van der Waals surface area contributed by atoms with Gasteiger partial charge in [0.05, 0.1) is 20.9 Å². The van der Waals surface area contributed by atoms with E-state index in [9.17, 15) is 19.2 Å². The van der Waals surface area contributed by atoms with Gasteiger partial charge < -0.3 is 9.73 Å². The number of carbonyl (C=O) groups is 3. The molecule has 3 amide bonds. The highest BCUT2D eigenvalue weighted by Gasteiger charge is 2.36. The molecule has 7 nitrogen and oxygen atoms in total. The van der Waals surface area contributed by atoms with Gasteiger partial charge in [-0.1, -0.05) is 49.2 Å². The van der Waals surface area contributed by atoms with E-state index < -0.39 is 29.0 Å². The summed E-state index contributed by atoms with van der Waals surface area (Å²) in [5.41, 5.74) is 1.44. The van der Waals surface area contributed by atoms with Gasteiger partial charge in [0.1, 0.15) is 12.8 Å². The van der Waals surface area contributed by atoms with Gasteiger partial charge in [0.2, 0.25) is 5.91 Å². The predicted octanol–water partition coefficient (Wildman–Crippen LogP) is 5.90. The molecule has 1 aliphatic rings. The highest BCUT2D eigenvalue weighted by Crippen LogP contribution is 2.32. The first-order valence-electron chi connectivity index (χ1n) is 10.2. The summed E-state index contributed by atoms with van der Waals surface area (Å²) >= 11 is 12.7. The number of fused-ring (bicyclic) bond motifs is 1. The van der Waals surface area contributed by atoms with Crippen molar-refractivity contribution in [2.24, 2.45) is 0 Å². The molecule has 0 aliphatic carbocycles. The van der Waals surface area contributed by atoms with Crippen molar-refractivity contribution >= 4 is 74.7 Å². The lowest BCUT2D eigenvalue weighted by molar-refractivity contribution is -0.127. The van der Waals surface area contributed by atoms with Gasteiger partial charge in [-0.25, -0.2) is 0 Å². The molecule has 3 aromatic rings. The number of carbonyl (C=O) groups excluding carboxylic acids is 3. The van der Waals surface area contributed by atoms with E-state index in [-0.39, 0.29) is 31.5 Å². The van der Waals surface area contributed by atoms with E-state index in [0.29, 0.717) is 23.4 Å². The highest BCUT2D eigenvalue weighted by molar-refractivity contribution is 8.18. The number of rotatable bonds is 5. The van der Waals surface area contributed by atoms with Gasteiger partial charge in [0.15, 0.2) is 11.0 Å². The summed E-state index contributed by atoms with van der Waals surface area (Å²) in [6.07, 6.45) is 2.42. The first kappa shape index (κ1) is 24.1. The fraction of sp³-hybridized carbons (Fsp3) is 0.167. The molecule has 1 aliphatic heterocycles. The van der Waals surface area contributed by atoms with Crippen molar-refractivity contribution < 1.29 is 18.8 Å². The molecule has 1 saturated heterocycles. The molecule has 1 aromatic heterocycles. The molecule has 0 spiro atoms. The average Bonchev–Trinajstić information content (AvgIpc) is 3.03. The van der Waals surface area contributed by atoms with Gasteiger partial charge >= 0.3 is 0 Å². The lowest BCUT2D eigenvalue weighted by Gasteiger charge is -2.13. The molecule has 10 heteroatoms. The van der Waals surface area contributed by atoms with Crippen molar-refractivity contribution in [3.05, 3.63) is 79.0 Å². The number of benzene rings is 2. The van der Waals surface area contributed by atoms with Crippen molar-refractivity contribution in [1.82, 2.24) is 4.90 Å². The third-order valence-electron chi connectivity index (χ3n) is 5.14. The summed E-state index contributed by atoms with van der Waals surface area (Å²) in [6.45, 7) is 3.67. The van der Waals surface area contributed by atoms with Crippen LogP contribution in [0.5, 0.6) is 0 Å². The van der Waals surface area contributed by atoms with E-state index in [1.807, 2.05) is 12.1 Å². The van der Waals surface area contributed by atoms with Crippen LogP contribution in [0.4, 0.5) is 10.5 Å². The summed E-state index contributed by atoms with van der Waals surface area (Å²) < 4.78 is 5.44. The van der Waals surface area contributed by atoms with Gasteiger partial charge in [-0.2, -0.15) is 0 Å². The number of halogens is 2. The molecular formula is C24H18Cl2N2O5S. The zero-order chi connectivity index (χ0) is 24.6. The molecule has 0 bridgehead atoms. The topological polar surface area (TPSA) is 96.7 Å². The van der Waals surface area contributed by atoms with Crippen molar-refractivity contribution in [3.8, 4) is 0 Å². The lowest BCUT2D eigenvalue weighted by atomic mass is 10.0. The summed E-state index contributed by atoms with van der Waals surface area (Å²) in [5, 5.41) is 2.64. The van der Waals surface area contributed by atoms with Crippen molar-refractivity contribution in [1.29, 1.82) is 0 Å². The quantitative estimate of drug-likeness (QED) is 0.424. The molecule has 34 heavy (non-hydrogen) atoms. The number of nitrogens with one attached hydrogen (secondary N) is 1. The number of nitrogens with zero attached hydrogens (tertiary/aromatic N) is 1. The first-order valence-corrected chi connectivity index (χ1v) is 11.8. The zero-order valence-corrected chi connectivity index (χ0v) is 20.4. The van der Waals surface area contributed by atoms with E-state index in [0.717, 1.165) is 16.7 Å². The molecule has 174 valence electrons. The largest absolute Gasteiger partial charge is 0.462 e. The van der Waals surface area contributed by atoms with E-state index >= 15 is 0 Å². The maximum atomic E-state index is 12.8. The number of hydrogen-bond acceptors (Lipinski definition) is 6. The Bertz CT molecular complexity index is 1410. The lowest BCUT2D eigenvalue weighted by Crippen LogP contribution is -2.36. The Morgan fingerprint density at radius 1 is 1.15 bits per heavy atom. The maximum absolute atomic E-state index is 12.8. The van der Waals surface area contributed by atoms with Crippen LogP contribution < -0.4 is 10.7 Å². The molecule has 0 saturated carbocycles. The van der Waals surface area contributed by atoms with Crippen LogP contribution in [0.3, 0.4) is 0 Å². The SMILES string of the molecule is CC(C)c1ccc(NC(=O)CN2C(=O)S/C(=C\c3coc4c(Cl)cc(Cl)cc4c3=O)C2=O)cc1. The fourth-order valence-electron chi connectivity index (χ4n) is 3.35. The minimum Gasteiger partial charge on any atom is -0.462 e. The zero-order valence-electron chi connectivity index (χ0n) is 18.1. The van der Waals surface area contributed by atoms with Crippen LogP contribution >= 0.6 is 35.0 Å². The predicted molar refractivity (Wildman–Crippen MR) is 134 cm³/mol. The van der Waals surface area contributed by atoms with E-state index in [4.69, 9.17) is 27.6 Å². The Labute approximate surface area is 208 Å². The first-order chi connectivity index (χ1) is 16.1. The van der Waals surface area contributed by atoms with Gasteiger partial charge in [0, 0.05) is 10.7 Å². The molecule has 0 atom stereocenters. The number of amides is 3. The number of anilines is 1. The van der Waals surface area contributed by atoms with Crippen molar-refractivity contribution in [3.63, 3.8) is 0 Å². The smallest absolute Gasteiger partial charge is 0.294 e. The molecule has 4 rings (SSSR count). The molecule has 2 heterocycles. The second kappa shape index (κ2) is 9.66. The standard InChI is InChI=1S/C24H18Cl2N2O5S/c1-12(2)13-3-5-16(6-4-13)27-20(29)10-28-23(31)19(34-24(28)32)7-14-11-33-22-17(21(14)30)8-15(25)9-18(22)26/h3-9,11-12H,10H2,1-2H3,(H,27,29)/b19-7-. The van der Waals surface area contributed by atoms with Crippen LogP contribution in [0.15, 0.2) is 56.8 Å². The van der Waals surface area contributed by atoms with Crippen LogP contribution in [-0.2, 0) is 9.59 Å². The Hall–Kier alpha value is -3.07. The summed E-state index contributed by atoms with van der Waals surface area (Å²) in [4.78, 5) is 51.2.